The molecule has 4 nitrogen and oxygen atoms in total. The minimum Gasteiger partial charge on any atom is -0.363 e. The molecule has 144 valence electrons. The van der Waals surface area contributed by atoms with Gasteiger partial charge in [-0.1, -0.05) is 39.0 Å². The fraction of sp³-hybridized carbons (Fsp3) is 0.381. The van der Waals surface area contributed by atoms with Gasteiger partial charge in [-0.15, -0.1) is 0 Å². The summed E-state index contributed by atoms with van der Waals surface area (Å²) in [6.45, 7) is 7.98. The lowest BCUT2D eigenvalue weighted by molar-refractivity contribution is 0.208. The molecule has 27 heavy (non-hydrogen) atoms. The van der Waals surface area contributed by atoms with Crippen molar-refractivity contribution < 1.29 is 13.6 Å². The molecule has 2 amide bonds. The number of carbonyl (C=O) groups is 1. The van der Waals surface area contributed by atoms with Gasteiger partial charge in [0.25, 0.3) is 0 Å². The summed E-state index contributed by atoms with van der Waals surface area (Å²) in [6.07, 6.45) is 0. The predicted octanol–water partition coefficient (Wildman–Crippen LogP) is 4.62. The van der Waals surface area contributed by atoms with Crippen molar-refractivity contribution in [3.8, 4) is 0 Å². The van der Waals surface area contributed by atoms with Crippen molar-refractivity contribution in [2.75, 3.05) is 36.4 Å². The van der Waals surface area contributed by atoms with E-state index in [4.69, 9.17) is 0 Å². The Kier molecular flexibility index (Phi) is 5.35. The van der Waals surface area contributed by atoms with Crippen LogP contribution >= 0.6 is 0 Å². The van der Waals surface area contributed by atoms with E-state index in [9.17, 15) is 13.6 Å². The van der Waals surface area contributed by atoms with E-state index in [1.807, 2.05) is 24.3 Å². The number of carbonyl (C=O) groups excluding carboxylic acids is 1. The van der Waals surface area contributed by atoms with Crippen LogP contribution in [0.1, 0.15) is 26.3 Å². The number of halogens is 2. The molecule has 0 unspecified atom stereocenters. The molecule has 1 fully saturated rings. The zero-order chi connectivity index (χ0) is 19.6. The van der Waals surface area contributed by atoms with Gasteiger partial charge in [0.05, 0.1) is 0 Å². The van der Waals surface area contributed by atoms with E-state index >= 15 is 0 Å². The Labute approximate surface area is 158 Å². The maximum Gasteiger partial charge on any atom is 0.321 e. The third kappa shape index (κ3) is 4.38. The summed E-state index contributed by atoms with van der Waals surface area (Å²) in [5, 5.41) is 2.89. The number of urea groups is 1. The maximum absolute atomic E-state index is 13.9. The van der Waals surface area contributed by atoms with E-state index in [2.05, 4.69) is 26.1 Å². The van der Waals surface area contributed by atoms with Crippen LogP contribution in [0.25, 0.3) is 0 Å². The van der Waals surface area contributed by atoms with Gasteiger partial charge >= 0.3 is 6.03 Å². The number of nitrogens with zero attached hydrogens (tertiary/aromatic N) is 2. The van der Waals surface area contributed by atoms with E-state index in [0.717, 1.165) is 5.69 Å². The highest BCUT2D eigenvalue weighted by atomic mass is 19.1. The third-order valence-corrected chi connectivity index (χ3v) is 4.82. The number of rotatable bonds is 2. The number of para-hydroxylation sites is 1. The summed E-state index contributed by atoms with van der Waals surface area (Å²) in [5.41, 5.74) is 1.97. The molecular weight excluding hydrogens is 348 g/mol. The van der Waals surface area contributed by atoms with Crippen molar-refractivity contribution in [2.45, 2.75) is 26.2 Å². The summed E-state index contributed by atoms with van der Waals surface area (Å²) in [6, 6.07) is 11.4. The number of piperazine rings is 1. The molecule has 1 saturated heterocycles. The smallest absolute Gasteiger partial charge is 0.321 e. The molecule has 0 atom stereocenters. The second kappa shape index (κ2) is 7.55. The molecule has 0 spiro atoms. The molecule has 1 aliphatic heterocycles. The van der Waals surface area contributed by atoms with Crippen LogP contribution in [-0.2, 0) is 5.41 Å². The molecule has 3 rings (SSSR count). The van der Waals surface area contributed by atoms with E-state index in [-0.39, 0.29) is 17.1 Å². The minimum atomic E-state index is -0.577. The lowest BCUT2D eigenvalue weighted by atomic mass is 9.87. The first kappa shape index (κ1) is 19.1. The second-order valence-electron chi connectivity index (χ2n) is 7.80. The van der Waals surface area contributed by atoms with Crippen molar-refractivity contribution in [2.24, 2.45) is 0 Å². The van der Waals surface area contributed by atoms with Gasteiger partial charge in [0, 0.05) is 31.9 Å². The van der Waals surface area contributed by atoms with Crippen molar-refractivity contribution in [3.05, 3.63) is 59.7 Å². The second-order valence-corrected chi connectivity index (χ2v) is 7.80. The van der Waals surface area contributed by atoms with Gasteiger partial charge in [-0.05, 0) is 35.2 Å². The fourth-order valence-electron chi connectivity index (χ4n) is 3.18. The van der Waals surface area contributed by atoms with E-state index in [1.165, 1.54) is 23.8 Å². The molecule has 0 aromatic heterocycles. The summed E-state index contributed by atoms with van der Waals surface area (Å²) in [4.78, 5) is 15.8. The van der Waals surface area contributed by atoms with Crippen LogP contribution in [0.4, 0.5) is 25.0 Å². The number of anilines is 2. The van der Waals surface area contributed by atoms with Crippen LogP contribution in [-0.4, -0.2) is 37.1 Å². The largest absolute Gasteiger partial charge is 0.363 e. The Bertz CT molecular complexity index is 787. The molecule has 1 heterocycles. The Hall–Kier alpha value is -2.63. The highest BCUT2D eigenvalue weighted by Crippen LogP contribution is 2.25. The number of benzene rings is 2. The maximum atomic E-state index is 13.9. The van der Waals surface area contributed by atoms with Crippen LogP contribution in [0.15, 0.2) is 42.5 Å². The monoisotopic (exact) mass is 373 g/mol. The standard InChI is InChI=1S/C21H25F2N3O/c1-21(2,3)15-7-9-16(10-8-15)24-20(27)26-13-11-25(12-14-26)19-17(22)5-4-6-18(19)23/h4-10H,11-14H2,1-3H3,(H,24,27). The van der Waals surface area contributed by atoms with Crippen molar-refractivity contribution >= 4 is 17.4 Å². The number of amides is 2. The average molecular weight is 373 g/mol. The number of hydrogen-bond donors (Lipinski definition) is 1. The molecule has 0 radical (unpaired) electrons. The first-order valence-corrected chi connectivity index (χ1v) is 9.11. The van der Waals surface area contributed by atoms with Crippen LogP contribution in [0.2, 0.25) is 0 Å². The Morgan fingerprint density at radius 2 is 1.48 bits per heavy atom. The van der Waals surface area contributed by atoms with Gasteiger partial charge in [-0.3, -0.25) is 0 Å². The summed E-state index contributed by atoms with van der Waals surface area (Å²) in [7, 11) is 0. The van der Waals surface area contributed by atoms with E-state index in [0.29, 0.717) is 26.2 Å². The fourth-order valence-corrected chi connectivity index (χ4v) is 3.18. The van der Waals surface area contributed by atoms with E-state index < -0.39 is 11.6 Å². The van der Waals surface area contributed by atoms with Crippen LogP contribution < -0.4 is 10.2 Å². The van der Waals surface area contributed by atoms with Crippen molar-refractivity contribution in [1.29, 1.82) is 0 Å². The first-order chi connectivity index (χ1) is 12.8. The zero-order valence-corrected chi connectivity index (χ0v) is 15.9. The van der Waals surface area contributed by atoms with E-state index in [1.54, 1.807) is 9.80 Å². The van der Waals surface area contributed by atoms with Crippen molar-refractivity contribution in [1.82, 2.24) is 4.90 Å². The summed E-state index contributed by atoms with van der Waals surface area (Å²) in [5.74, 6) is -1.15. The Morgan fingerprint density at radius 3 is 2.00 bits per heavy atom. The highest BCUT2D eigenvalue weighted by molar-refractivity contribution is 5.89. The molecule has 6 heteroatoms. The van der Waals surface area contributed by atoms with Gasteiger partial charge in [0.15, 0.2) is 0 Å². The van der Waals surface area contributed by atoms with Gasteiger partial charge in [-0.25, -0.2) is 13.6 Å². The van der Waals surface area contributed by atoms with Gasteiger partial charge < -0.3 is 15.1 Å². The molecule has 2 aromatic carbocycles. The normalized spacial score (nSPS) is 15.0. The SMILES string of the molecule is CC(C)(C)c1ccc(NC(=O)N2CCN(c3c(F)cccc3F)CC2)cc1. The molecule has 0 bridgehead atoms. The van der Waals surface area contributed by atoms with Crippen LogP contribution in [0, 0.1) is 11.6 Å². The third-order valence-electron chi connectivity index (χ3n) is 4.82. The zero-order valence-electron chi connectivity index (χ0n) is 15.9. The lowest BCUT2D eigenvalue weighted by Gasteiger charge is -2.36. The predicted molar refractivity (Wildman–Crippen MR) is 104 cm³/mol. The number of nitrogens with one attached hydrogen (secondary N) is 1. The Balaban J connectivity index is 1.59. The van der Waals surface area contributed by atoms with Crippen molar-refractivity contribution in [3.63, 3.8) is 0 Å². The van der Waals surface area contributed by atoms with Crippen LogP contribution in [0.5, 0.6) is 0 Å². The summed E-state index contributed by atoms with van der Waals surface area (Å²) >= 11 is 0. The molecular formula is C21H25F2N3O. The molecule has 2 aromatic rings. The average Bonchev–Trinajstić information content (AvgIpc) is 2.62. The molecule has 0 saturated carbocycles. The topological polar surface area (TPSA) is 35.6 Å². The Morgan fingerprint density at radius 1 is 0.926 bits per heavy atom. The number of hydrogen-bond acceptors (Lipinski definition) is 2. The summed E-state index contributed by atoms with van der Waals surface area (Å²) < 4.78 is 27.8. The lowest BCUT2D eigenvalue weighted by Crippen LogP contribution is -2.50. The van der Waals surface area contributed by atoms with Crippen LogP contribution in [0.3, 0.4) is 0 Å². The molecule has 1 aliphatic rings. The van der Waals surface area contributed by atoms with Gasteiger partial charge in [0.1, 0.15) is 17.3 Å². The highest BCUT2D eigenvalue weighted by Gasteiger charge is 2.25. The molecule has 1 N–H and O–H groups in total. The molecule has 0 aliphatic carbocycles. The minimum absolute atomic E-state index is 0.0182. The quantitative estimate of drug-likeness (QED) is 0.834. The first-order valence-electron chi connectivity index (χ1n) is 9.11. The van der Waals surface area contributed by atoms with Gasteiger partial charge in [-0.2, -0.15) is 0 Å². The van der Waals surface area contributed by atoms with Gasteiger partial charge in [0.2, 0.25) is 0 Å².